The molecule has 0 saturated heterocycles. The van der Waals surface area contributed by atoms with Crippen LogP contribution in [0.2, 0.25) is 0 Å². The number of amides is 3. The number of rotatable bonds is 7. The van der Waals surface area contributed by atoms with E-state index in [1.165, 1.54) is 11.3 Å². The highest BCUT2D eigenvalue weighted by molar-refractivity contribution is 7.15. The Labute approximate surface area is 161 Å². The predicted octanol–water partition coefficient (Wildman–Crippen LogP) is 3.14. The van der Waals surface area contributed by atoms with Gasteiger partial charge in [-0.25, -0.2) is 0 Å². The van der Waals surface area contributed by atoms with Gasteiger partial charge in [0.05, 0.1) is 11.1 Å². The number of nitrogens with one attached hydrogen (secondary N) is 1. The lowest BCUT2D eigenvalue weighted by atomic mass is 10.0. The third-order valence-corrected chi connectivity index (χ3v) is 5.19. The van der Waals surface area contributed by atoms with Crippen molar-refractivity contribution in [2.75, 3.05) is 5.32 Å². The highest BCUT2D eigenvalue weighted by Gasteiger charge is 2.42. The zero-order chi connectivity index (χ0) is 19.6. The molecule has 2 aromatic rings. The molecule has 0 aliphatic carbocycles. The first-order valence-corrected chi connectivity index (χ1v) is 9.84. The number of fused-ring (bicyclic) bond motifs is 1. The summed E-state index contributed by atoms with van der Waals surface area (Å²) >= 11 is 1.31. The second kappa shape index (κ2) is 7.96. The van der Waals surface area contributed by atoms with Gasteiger partial charge >= 0.3 is 0 Å². The van der Waals surface area contributed by atoms with Crippen LogP contribution in [0.1, 0.15) is 59.3 Å². The van der Waals surface area contributed by atoms with E-state index >= 15 is 0 Å². The molecule has 1 aromatic heterocycles. The first kappa shape index (κ1) is 19.2. The van der Waals surface area contributed by atoms with E-state index in [0.717, 1.165) is 22.7 Å². The van der Waals surface area contributed by atoms with Gasteiger partial charge in [-0.2, -0.15) is 0 Å². The van der Waals surface area contributed by atoms with Crippen LogP contribution >= 0.6 is 11.3 Å². The molecule has 1 aliphatic rings. The van der Waals surface area contributed by atoms with Crippen molar-refractivity contribution in [2.45, 2.75) is 46.1 Å². The summed E-state index contributed by atoms with van der Waals surface area (Å²) in [4.78, 5) is 39.6. The standard InChI is InChI=1S/C19H22N4O3S/c1-4-7-15-21-22-19(27-15)20-16(24)14(10-11(2)3)23-17(25)12-8-5-6-9-13(12)18(23)26/h5-6,8-9,11,14H,4,7,10H2,1-3H3,(H,20,22,24)/t14-/m0/s1. The number of carbonyl (C=O) groups is 3. The van der Waals surface area contributed by atoms with Gasteiger partial charge in [-0.3, -0.25) is 24.6 Å². The second-order valence-corrected chi connectivity index (χ2v) is 7.97. The summed E-state index contributed by atoms with van der Waals surface area (Å²) in [6, 6.07) is 5.75. The SMILES string of the molecule is CCCc1nnc(NC(=O)[C@H](CC(C)C)N2C(=O)c3ccccc3C2=O)s1. The van der Waals surface area contributed by atoms with Crippen LogP contribution in [0, 0.1) is 5.92 Å². The molecule has 0 fully saturated rings. The molecule has 1 atom stereocenters. The normalized spacial score (nSPS) is 14.6. The predicted molar refractivity (Wildman–Crippen MR) is 103 cm³/mol. The first-order chi connectivity index (χ1) is 12.9. The van der Waals surface area contributed by atoms with Crippen LogP contribution in [0.3, 0.4) is 0 Å². The van der Waals surface area contributed by atoms with Crippen molar-refractivity contribution in [2.24, 2.45) is 5.92 Å². The van der Waals surface area contributed by atoms with Crippen LogP contribution in [-0.2, 0) is 11.2 Å². The van der Waals surface area contributed by atoms with Crippen LogP contribution in [0.15, 0.2) is 24.3 Å². The number of anilines is 1. The molecule has 142 valence electrons. The number of aryl methyl sites for hydroxylation is 1. The zero-order valence-electron chi connectivity index (χ0n) is 15.6. The van der Waals surface area contributed by atoms with E-state index in [4.69, 9.17) is 0 Å². The van der Waals surface area contributed by atoms with Gasteiger partial charge in [0.1, 0.15) is 11.0 Å². The van der Waals surface area contributed by atoms with E-state index in [1.54, 1.807) is 24.3 Å². The molecule has 0 saturated carbocycles. The third-order valence-electron chi connectivity index (χ3n) is 4.30. The van der Waals surface area contributed by atoms with E-state index < -0.39 is 23.8 Å². The van der Waals surface area contributed by atoms with Crippen LogP contribution in [0.25, 0.3) is 0 Å². The molecule has 0 bridgehead atoms. The molecule has 2 heterocycles. The number of benzene rings is 1. The second-order valence-electron chi connectivity index (χ2n) is 6.91. The van der Waals surface area contributed by atoms with Crippen LogP contribution in [0.4, 0.5) is 5.13 Å². The Kier molecular flexibility index (Phi) is 5.65. The smallest absolute Gasteiger partial charge is 0.262 e. The monoisotopic (exact) mass is 386 g/mol. The highest BCUT2D eigenvalue weighted by atomic mass is 32.1. The molecule has 1 N–H and O–H groups in total. The van der Waals surface area contributed by atoms with Crippen molar-refractivity contribution in [3.05, 3.63) is 40.4 Å². The van der Waals surface area contributed by atoms with E-state index in [9.17, 15) is 14.4 Å². The van der Waals surface area contributed by atoms with Gasteiger partial charge in [0.15, 0.2) is 0 Å². The summed E-state index contributed by atoms with van der Waals surface area (Å²) < 4.78 is 0. The van der Waals surface area contributed by atoms with Gasteiger partial charge in [0.25, 0.3) is 11.8 Å². The fourth-order valence-corrected chi connectivity index (χ4v) is 3.92. The van der Waals surface area contributed by atoms with Gasteiger partial charge in [-0.05, 0) is 30.9 Å². The molecule has 3 rings (SSSR count). The molecule has 27 heavy (non-hydrogen) atoms. The van der Waals surface area contributed by atoms with Crippen molar-refractivity contribution in [1.29, 1.82) is 0 Å². The topological polar surface area (TPSA) is 92.3 Å². The number of carbonyl (C=O) groups excluding carboxylic acids is 3. The molecule has 1 aliphatic heterocycles. The lowest BCUT2D eigenvalue weighted by Gasteiger charge is -2.26. The minimum Gasteiger partial charge on any atom is -0.299 e. The number of hydrogen-bond donors (Lipinski definition) is 1. The molecule has 0 unspecified atom stereocenters. The van der Waals surface area contributed by atoms with Gasteiger partial charge in [-0.15, -0.1) is 10.2 Å². The summed E-state index contributed by atoms with van der Waals surface area (Å²) in [7, 11) is 0. The Morgan fingerprint density at radius 3 is 2.33 bits per heavy atom. The largest absolute Gasteiger partial charge is 0.299 e. The summed E-state index contributed by atoms with van der Waals surface area (Å²) in [6.07, 6.45) is 2.10. The molecule has 0 radical (unpaired) electrons. The van der Waals surface area contributed by atoms with Crippen LogP contribution < -0.4 is 5.32 Å². The maximum absolute atomic E-state index is 12.9. The van der Waals surface area contributed by atoms with E-state index in [1.807, 2.05) is 20.8 Å². The molecule has 8 heteroatoms. The fraction of sp³-hybridized carbons (Fsp3) is 0.421. The molecule has 0 spiro atoms. The van der Waals surface area contributed by atoms with Gasteiger partial charge in [-0.1, -0.05) is 44.2 Å². The maximum Gasteiger partial charge on any atom is 0.262 e. The number of nitrogens with zero attached hydrogens (tertiary/aromatic N) is 3. The average Bonchev–Trinajstić information content (AvgIpc) is 3.17. The fourth-order valence-electron chi connectivity index (χ4n) is 3.07. The van der Waals surface area contributed by atoms with Crippen molar-refractivity contribution >= 4 is 34.2 Å². The number of aromatic nitrogens is 2. The summed E-state index contributed by atoms with van der Waals surface area (Å²) in [5, 5.41) is 12.0. The van der Waals surface area contributed by atoms with Gasteiger partial charge in [0.2, 0.25) is 11.0 Å². The summed E-state index contributed by atoms with van der Waals surface area (Å²) in [6.45, 7) is 5.94. The first-order valence-electron chi connectivity index (χ1n) is 9.02. The van der Waals surface area contributed by atoms with Gasteiger partial charge < -0.3 is 0 Å². The molecular weight excluding hydrogens is 364 g/mol. The average molecular weight is 386 g/mol. The summed E-state index contributed by atoms with van der Waals surface area (Å²) in [5.41, 5.74) is 0.676. The van der Waals surface area contributed by atoms with Crippen molar-refractivity contribution < 1.29 is 14.4 Å². The Balaban J connectivity index is 1.84. The Morgan fingerprint density at radius 2 is 1.78 bits per heavy atom. The third kappa shape index (κ3) is 3.90. The van der Waals surface area contributed by atoms with Crippen molar-refractivity contribution in [1.82, 2.24) is 15.1 Å². The van der Waals surface area contributed by atoms with Crippen molar-refractivity contribution in [3.8, 4) is 0 Å². The minimum atomic E-state index is -0.893. The lowest BCUT2D eigenvalue weighted by molar-refractivity contribution is -0.120. The Morgan fingerprint density at radius 1 is 1.15 bits per heavy atom. The van der Waals surface area contributed by atoms with Gasteiger partial charge in [0, 0.05) is 6.42 Å². The van der Waals surface area contributed by atoms with E-state index in [2.05, 4.69) is 15.5 Å². The minimum absolute atomic E-state index is 0.120. The maximum atomic E-state index is 12.9. The van der Waals surface area contributed by atoms with Crippen molar-refractivity contribution in [3.63, 3.8) is 0 Å². The number of hydrogen-bond acceptors (Lipinski definition) is 6. The number of imide groups is 1. The zero-order valence-corrected chi connectivity index (χ0v) is 16.4. The molecule has 1 aromatic carbocycles. The quantitative estimate of drug-likeness (QED) is 0.738. The van der Waals surface area contributed by atoms with Crippen LogP contribution in [-0.4, -0.2) is 38.9 Å². The lowest BCUT2D eigenvalue weighted by Crippen LogP contribution is -2.47. The molecule has 3 amide bonds. The Hall–Kier alpha value is -2.61. The highest BCUT2D eigenvalue weighted by Crippen LogP contribution is 2.28. The molecular formula is C19H22N4O3S. The Bertz CT molecular complexity index is 842. The van der Waals surface area contributed by atoms with Crippen LogP contribution in [0.5, 0.6) is 0 Å². The van der Waals surface area contributed by atoms with E-state index in [0.29, 0.717) is 22.7 Å². The van der Waals surface area contributed by atoms with E-state index in [-0.39, 0.29) is 5.92 Å². The summed E-state index contributed by atoms with van der Waals surface area (Å²) in [5.74, 6) is -1.16. The molecule has 7 nitrogen and oxygen atoms in total.